The third kappa shape index (κ3) is 4.90. The number of benzene rings is 1. The van der Waals surface area contributed by atoms with Gasteiger partial charge in [-0.3, -0.25) is 0 Å². The van der Waals surface area contributed by atoms with Crippen LogP contribution in [0.5, 0.6) is 0 Å². The summed E-state index contributed by atoms with van der Waals surface area (Å²) in [7, 11) is 0. The van der Waals surface area contributed by atoms with E-state index in [1.54, 1.807) is 19.1 Å². The highest BCUT2D eigenvalue weighted by Crippen LogP contribution is 2.49. The molecule has 2 aliphatic rings. The van der Waals surface area contributed by atoms with Gasteiger partial charge in [-0.25, -0.2) is 17.6 Å². The Morgan fingerprint density at radius 1 is 1.04 bits per heavy atom. The smallest absolute Gasteiger partial charge is 0.382 e. The number of aryl methyl sites for hydroxylation is 1. The van der Waals surface area contributed by atoms with Crippen LogP contribution in [0.1, 0.15) is 66.9 Å². The third-order valence-corrected chi connectivity index (χ3v) is 4.85. The molecule has 0 aliphatic heterocycles. The molecule has 0 bridgehead atoms. The summed E-state index contributed by atoms with van der Waals surface area (Å²) in [5.74, 6) is -5.91. The van der Waals surface area contributed by atoms with Gasteiger partial charge in [0.1, 0.15) is 6.10 Å². The molecule has 26 heavy (non-hydrogen) atoms. The highest BCUT2D eigenvalue weighted by molar-refractivity contribution is 5.48. The van der Waals surface area contributed by atoms with E-state index in [9.17, 15) is 35.8 Å². The van der Waals surface area contributed by atoms with Gasteiger partial charge < -0.3 is 5.11 Å². The Hall–Kier alpha value is -1.31. The molecule has 2 aliphatic carbocycles. The molecule has 0 radical (unpaired) electrons. The number of alkyl halides is 7. The summed E-state index contributed by atoms with van der Waals surface area (Å²) >= 11 is 0. The minimum atomic E-state index is -4.00. The SMILES string of the molecule is CC(F)(F)F.Cc1ccc(C2CCC(F)(F)CC2)c2c1C(O)C(F)(F)C2. The van der Waals surface area contributed by atoms with Crippen LogP contribution in [0.4, 0.5) is 30.7 Å². The Morgan fingerprint density at radius 3 is 2.04 bits per heavy atom. The second kappa shape index (κ2) is 7.02. The molecular weight excluding hydrogens is 365 g/mol. The zero-order chi connectivity index (χ0) is 19.9. The van der Waals surface area contributed by atoms with Crippen LogP contribution in [0.3, 0.4) is 0 Å². The van der Waals surface area contributed by atoms with Crippen molar-refractivity contribution in [3.63, 3.8) is 0 Å². The van der Waals surface area contributed by atoms with Crippen molar-refractivity contribution in [2.24, 2.45) is 0 Å². The predicted octanol–water partition coefficient (Wildman–Crippen LogP) is 6.08. The Labute approximate surface area is 147 Å². The molecule has 1 aromatic rings. The van der Waals surface area contributed by atoms with Crippen LogP contribution >= 0.6 is 0 Å². The fourth-order valence-electron chi connectivity index (χ4n) is 3.65. The van der Waals surface area contributed by atoms with Crippen LogP contribution in [0, 0.1) is 6.92 Å². The highest BCUT2D eigenvalue weighted by Gasteiger charge is 2.49. The van der Waals surface area contributed by atoms with Gasteiger partial charge in [-0.05, 0) is 47.9 Å². The molecule has 0 saturated heterocycles. The van der Waals surface area contributed by atoms with Gasteiger partial charge in [0.2, 0.25) is 5.92 Å². The second-order valence-electron chi connectivity index (χ2n) is 7.12. The van der Waals surface area contributed by atoms with Gasteiger partial charge in [-0.15, -0.1) is 0 Å². The molecule has 1 N–H and O–H groups in total. The number of fused-ring (bicyclic) bond motifs is 1. The molecule has 148 valence electrons. The minimum Gasteiger partial charge on any atom is -0.382 e. The summed E-state index contributed by atoms with van der Waals surface area (Å²) in [5.41, 5.74) is 2.14. The summed E-state index contributed by atoms with van der Waals surface area (Å²) in [6.07, 6.45) is -6.04. The van der Waals surface area contributed by atoms with Gasteiger partial charge >= 0.3 is 6.18 Å². The van der Waals surface area contributed by atoms with Gasteiger partial charge in [0.05, 0.1) is 0 Å². The van der Waals surface area contributed by atoms with Crippen LogP contribution in [0.2, 0.25) is 0 Å². The monoisotopic (exact) mass is 386 g/mol. The average molecular weight is 386 g/mol. The van der Waals surface area contributed by atoms with Gasteiger partial charge in [0, 0.05) is 26.2 Å². The van der Waals surface area contributed by atoms with E-state index >= 15 is 0 Å². The number of hydrogen-bond acceptors (Lipinski definition) is 1. The van der Waals surface area contributed by atoms with E-state index in [-0.39, 0.29) is 25.7 Å². The average Bonchev–Trinajstić information content (AvgIpc) is 2.70. The first-order chi connectivity index (χ1) is 11.7. The van der Waals surface area contributed by atoms with Crippen LogP contribution in [-0.4, -0.2) is 23.1 Å². The summed E-state index contributed by atoms with van der Waals surface area (Å²) < 4.78 is 85.2. The van der Waals surface area contributed by atoms with Crippen molar-refractivity contribution in [1.29, 1.82) is 0 Å². The van der Waals surface area contributed by atoms with Crippen LogP contribution in [0.15, 0.2) is 12.1 Å². The standard InChI is InChI=1S/C16H18F4O.C2H3F3/c1-9-2-3-11(10-4-6-15(17,18)7-5-10)12-8-16(19,20)14(21)13(9)12;1-2(3,4)5/h2-3,10,14,21H,4-8H2,1H3;1H3. The number of halogens is 7. The predicted molar refractivity (Wildman–Crippen MR) is 82.7 cm³/mol. The molecule has 8 heteroatoms. The second-order valence-corrected chi connectivity index (χ2v) is 7.12. The third-order valence-electron chi connectivity index (χ3n) is 4.85. The molecule has 1 fully saturated rings. The lowest BCUT2D eigenvalue weighted by molar-refractivity contribution is -0.110. The Morgan fingerprint density at radius 2 is 1.54 bits per heavy atom. The van der Waals surface area contributed by atoms with Crippen LogP contribution in [0.25, 0.3) is 0 Å². The van der Waals surface area contributed by atoms with Crippen molar-refractivity contribution in [2.45, 2.75) is 76.0 Å². The van der Waals surface area contributed by atoms with Crippen molar-refractivity contribution in [2.75, 3.05) is 0 Å². The number of aliphatic hydroxyl groups is 1. The van der Waals surface area contributed by atoms with E-state index in [4.69, 9.17) is 0 Å². The minimum absolute atomic E-state index is 0.111. The topological polar surface area (TPSA) is 20.2 Å². The zero-order valence-corrected chi connectivity index (χ0v) is 14.4. The van der Waals surface area contributed by atoms with E-state index < -0.39 is 30.5 Å². The van der Waals surface area contributed by atoms with E-state index in [0.29, 0.717) is 29.5 Å². The van der Waals surface area contributed by atoms with Crippen molar-refractivity contribution in [3.8, 4) is 0 Å². The van der Waals surface area contributed by atoms with Crippen LogP contribution < -0.4 is 0 Å². The molecule has 1 atom stereocenters. The highest BCUT2D eigenvalue weighted by atomic mass is 19.4. The lowest BCUT2D eigenvalue weighted by atomic mass is 9.79. The Kier molecular flexibility index (Phi) is 5.67. The van der Waals surface area contributed by atoms with E-state index in [0.717, 1.165) is 5.56 Å². The zero-order valence-electron chi connectivity index (χ0n) is 14.4. The van der Waals surface area contributed by atoms with Gasteiger partial charge in [0.15, 0.2) is 0 Å². The first-order valence-electron chi connectivity index (χ1n) is 8.34. The first-order valence-corrected chi connectivity index (χ1v) is 8.34. The molecule has 1 unspecified atom stereocenters. The van der Waals surface area contributed by atoms with Crippen molar-refractivity contribution < 1.29 is 35.8 Å². The summed E-state index contributed by atoms with van der Waals surface area (Å²) in [4.78, 5) is 0. The maximum absolute atomic E-state index is 13.8. The summed E-state index contributed by atoms with van der Waals surface area (Å²) in [6, 6.07) is 3.49. The molecular formula is C18H21F7O. The molecule has 0 amide bonds. The van der Waals surface area contributed by atoms with Gasteiger partial charge in [0.25, 0.3) is 5.92 Å². The van der Waals surface area contributed by atoms with Gasteiger partial charge in [-0.2, -0.15) is 13.2 Å². The molecule has 0 heterocycles. The molecule has 1 aromatic carbocycles. The maximum Gasteiger partial charge on any atom is 0.386 e. The molecule has 3 rings (SSSR count). The molecule has 1 saturated carbocycles. The Balaban J connectivity index is 0.000000431. The summed E-state index contributed by atoms with van der Waals surface area (Å²) in [6.45, 7) is 1.88. The quantitative estimate of drug-likeness (QED) is 0.580. The van der Waals surface area contributed by atoms with E-state index in [2.05, 4.69) is 0 Å². The number of hydrogen-bond donors (Lipinski definition) is 1. The maximum atomic E-state index is 13.8. The summed E-state index contributed by atoms with van der Waals surface area (Å²) in [5, 5.41) is 9.83. The Bertz CT molecular complexity index is 636. The largest absolute Gasteiger partial charge is 0.386 e. The number of rotatable bonds is 1. The van der Waals surface area contributed by atoms with Crippen molar-refractivity contribution in [3.05, 3.63) is 34.4 Å². The fraction of sp³-hybridized carbons (Fsp3) is 0.667. The van der Waals surface area contributed by atoms with Crippen molar-refractivity contribution in [1.82, 2.24) is 0 Å². The lowest BCUT2D eigenvalue weighted by Gasteiger charge is -2.30. The van der Waals surface area contributed by atoms with Crippen molar-refractivity contribution >= 4 is 0 Å². The van der Waals surface area contributed by atoms with Crippen LogP contribution in [-0.2, 0) is 6.42 Å². The van der Waals surface area contributed by atoms with E-state index in [1.807, 2.05) is 0 Å². The molecule has 0 aromatic heterocycles. The normalized spacial score (nSPS) is 24.6. The molecule has 0 spiro atoms. The first kappa shape index (κ1) is 21.0. The number of aliphatic hydroxyl groups excluding tert-OH is 1. The molecule has 1 nitrogen and oxygen atoms in total. The lowest BCUT2D eigenvalue weighted by Crippen LogP contribution is -2.24. The van der Waals surface area contributed by atoms with Gasteiger partial charge in [-0.1, -0.05) is 12.1 Å². The van der Waals surface area contributed by atoms with E-state index in [1.165, 1.54) is 0 Å². The fourth-order valence-corrected chi connectivity index (χ4v) is 3.65.